The molecule has 0 spiro atoms. The summed E-state index contributed by atoms with van der Waals surface area (Å²) in [6.45, 7) is 6.32. The molecule has 1 aromatic heterocycles. The van der Waals surface area contributed by atoms with Crippen LogP contribution in [0.1, 0.15) is 37.6 Å². The van der Waals surface area contributed by atoms with Crippen LogP contribution < -0.4 is 10.6 Å². The minimum absolute atomic E-state index is 0.344. The molecule has 1 saturated heterocycles. The number of hydrogen-bond donors (Lipinski definition) is 2. The van der Waals surface area contributed by atoms with Crippen molar-refractivity contribution in [3.8, 4) is 0 Å². The zero-order valence-corrected chi connectivity index (χ0v) is 12.4. The molecule has 1 atom stereocenters. The van der Waals surface area contributed by atoms with Crippen LogP contribution in [-0.2, 0) is 0 Å². The van der Waals surface area contributed by atoms with Gasteiger partial charge >= 0.3 is 0 Å². The molecule has 100 valence electrons. The minimum atomic E-state index is 0.344. The molecule has 4 nitrogen and oxygen atoms in total. The Hall–Kier alpha value is -0.970. The quantitative estimate of drug-likeness (QED) is 0.877. The Labute approximate surface area is 113 Å². The molecule has 1 aliphatic rings. The maximum Gasteiger partial charge on any atom is 0.135 e. The standard InChI is InChI=1S/C13H22N4S/c1-8(2)11-16-12(14-4)9(3)13(17-11)15-10-5-6-18-7-10/h8,10H,5-7H2,1-4H3,(H2,14,15,16,17). The Balaban J connectivity index is 2.28. The van der Waals surface area contributed by atoms with E-state index in [1.165, 1.54) is 17.9 Å². The molecule has 1 aliphatic heterocycles. The van der Waals surface area contributed by atoms with E-state index < -0.39 is 0 Å². The highest BCUT2D eigenvalue weighted by atomic mass is 32.2. The molecule has 0 aliphatic carbocycles. The van der Waals surface area contributed by atoms with Gasteiger partial charge in [0.15, 0.2) is 0 Å². The molecule has 0 bridgehead atoms. The predicted octanol–water partition coefficient (Wildman–Crippen LogP) is 2.87. The number of nitrogens with one attached hydrogen (secondary N) is 2. The smallest absolute Gasteiger partial charge is 0.135 e. The number of rotatable bonds is 4. The van der Waals surface area contributed by atoms with Gasteiger partial charge in [-0.2, -0.15) is 11.8 Å². The van der Waals surface area contributed by atoms with Gasteiger partial charge in [0.2, 0.25) is 0 Å². The fourth-order valence-electron chi connectivity index (χ4n) is 2.02. The molecule has 0 amide bonds. The average molecular weight is 266 g/mol. The second kappa shape index (κ2) is 5.78. The fraction of sp³-hybridized carbons (Fsp3) is 0.692. The Bertz CT molecular complexity index is 414. The fourth-order valence-corrected chi connectivity index (χ4v) is 3.17. The van der Waals surface area contributed by atoms with Crippen LogP contribution in [0.2, 0.25) is 0 Å². The van der Waals surface area contributed by atoms with Crippen molar-refractivity contribution in [3.63, 3.8) is 0 Å². The first-order valence-corrected chi connectivity index (χ1v) is 7.68. The number of hydrogen-bond acceptors (Lipinski definition) is 5. The van der Waals surface area contributed by atoms with Crippen molar-refractivity contribution in [2.75, 3.05) is 29.2 Å². The molecule has 2 N–H and O–H groups in total. The SMILES string of the molecule is CNc1nc(C(C)C)nc(NC2CCSC2)c1C. The number of anilines is 2. The van der Waals surface area contributed by atoms with Crippen LogP contribution in [0.3, 0.4) is 0 Å². The van der Waals surface area contributed by atoms with E-state index in [-0.39, 0.29) is 0 Å². The van der Waals surface area contributed by atoms with Crippen LogP contribution in [0, 0.1) is 6.92 Å². The van der Waals surface area contributed by atoms with E-state index in [1.807, 2.05) is 18.8 Å². The van der Waals surface area contributed by atoms with Gasteiger partial charge < -0.3 is 10.6 Å². The first-order chi connectivity index (χ1) is 8.61. The molecule has 1 fully saturated rings. The molecule has 2 heterocycles. The molecular formula is C13H22N4S. The van der Waals surface area contributed by atoms with Gasteiger partial charge in [0.25, 0.3) is 0 Å². The number of nitrogens with zero attached hydrogens (tertiary/aromatic N) is 2. The topological polar surface area (TPSA) is 49.8 Å². The van der Waals surface area contributed by atoms with Crippen LogP contribution in [0.25, 0.3) is 0 Å². The lowest BCUT2D eigenvalue weighted by Crippen LogP contribution is -2.21. The summed E-state index contributed by atoms with van der Waals surface area (Å²) in [7, 11) is 1.91. The third-order valence-corrected chi connectivity index (χ3v) is 4.35. The highest BCUT2D eigenvalue weighted by Gasteiger charge is 2.19. The molecule has 5 heteroatoms. The molecule has 2 rings (SSSR count). The van der Waals surface area contributed by atoms with E-state index in [9.17, 15) is 0 Å². The third kappa shape index (κ3) is 2.88. The van der Waals surface area contributed by atoms with E-state index >= 15 is 0 Å². The van der Waals surface area contributed by atoms with Crippen molar-refractivity contribution in [1.82, 2.24) is 9.97 Å². The Kier molecular flexibility index (Phi) is 4.32. The average Bonchev–Trinajstić information content (AvgIpc) is 2.84. The van der Waals surface area contributed by atoms with Crippen LogP contribution >= 0.6 is 11.8 Å². The van der Waals surface area contributed by atoms with E-state index in [1.54, 1.807) is 0 Å². The van der Waals surface area contributed by atoms with Crippen molar-refractivity contribution in [2.45, 2.75) is 39.2 Å². The van der Waals surface area contributed by atoms with E-state index in [2.05, 4.69) is 41.4 Å². The van der Waals surface area contributed by atoms with Gasteiger partial charge in [-0.3, -0.25) is 0 Å². The molecule has 0 aromatic carbocycles. The van der Waals surface area contributed by atoms with Crippen LogP contribution in [0.4, 0.5) is 11.6 Å². The summed E-state index contributed by atoms with van der Waals surface area (Å²) >= 11 is 2.01. The largest absolute Gasteiger partial charge is 0.373 e. The lowest BCUT2D eigenvalue weighted by molar-refractivity contribution is 0.758. The molecule has 0 saturated carbocycles. The first-order valence-electron chi connectivity index (χ1n) is 6.52. The van der Waals surface area contributed by atoms with Crippen molar-refractivity contribution in [3.05, 3.63) is 11.4 Å². The summed E-state index contributed by atoms with van der Waals surface area (Å²) in [5.41, 5.74) is 1.11. The molecule has 1 aromatic rings. The highest BCUT2D eigenvalue weighted by molar-refractivity contribution is 7.99. The summed E-state index contributed by atoms with van der Waals surface area (Å²) in [6, 6.07) is 0.549. The van der Waals surface area contributed by atoms with E-state index in [4.69, 9.17) is 0 Å². The normalized spacial score (nSPS) is 19.3. The number of thioether (sulfide) groups is 1. The van der Waals surface area contributed by atoms with Gasteiger partial charge in [-0.15, -0.1) is 0 Å². The predicted molar refractivity (Wildman–Crippen MR) is 79.8 cm³/mol. The number of aromatic nitrogens is 2. The maximum absolute atomic E-state index is 4.67. The van der Waals surface area contributed by atoms with Crippen molar-refractivity contribution >= 4 is 23.4 Å². The molecule has 18 heavy (non-hydrogen) atoms. The first kappa shape index (κ1) is 13.5. The second-order valence-electron chi connectivity index (χ2n) is 5.01. The summed E-state index contributed by atoms with van der Waals surface area (Å²) < 4.78 is 0. The van der Waals surface area contributed by atoms with Gasteiger partial charge in [0.05, 0.1) is 0 Å². The highest BCUT2D eigenvalue weighted by Crippen LogP contribution is 2.26. The Morgan fingerprint density at radius 1 is 1.28 bits per heavy atom. The van der Waals surface area contributed by atoms with Gasteiger partial charge in [-0.05, 0) is 19.1 Å². The Morgan fingerprint density at radius 2 is 2.00 bits per heavy atom. The zero-order valence-electron chi connectivity index (χ0n) is 11.6. The van der Waals surface area contributed by atoms with Gasteiger partial charge in [0, 0.05) is 30.3 Å². The maximum atomic E-state index is 4.67. The molecular weight excluding hydrogens is 244 g/mol. The van der Waals surface area contributed by atoms with E-state index in [0.717, 1.165) is 23.0 Å². The van der Waals surface area contributed by atoms with Gasteiger partial charge in [0.1, 0.15) is 17.5 Å². The summed E-state index contributed by atoms with van der Waals surface area (Å²) in [5.74, 6) is 5.59. The second-order valence-corrected chi connectivity index (χ2v) is 6.16. The Morgan fingerprint density at radius 3 is 2.56 bits per heavy atom. The summed E-state index contributed by atoms with van der Waals surface area (Å²) in [4.78, 5) is 9.23. The monoisotopic (exact) mass is 266 g/mol. The van der Waals surface area contributed by atoms with Gasteiger partial charge in [-0.25, -0.2) is 9.97 Å². The van der Waals surface area contributed by atoms with Crippen LogP contribution in [-0.4, -0.2) is 34.6 Å². The summed E-state index contributed by atoms with van der Waals surface area (Å²) in [6.07, 6.45) is 1.22. The van der Waals surface area contributed by atoms with Crippen LogP contribution in [0.5, 0.6) is 0 Å². The minimum Gasteiger partial charge on any atom is -0.373 e. The lowest BCUT2D eigenvalue weighted by atomic mass is 10.2. The third-order valence-electron chi connectivity index (χ3n) is 3.19. The summed E-state index contributed by atoms with van der Waals surface area (Å²) in [5, 5.41) is 6.73. The van der Waals surface area contributed by atoms with Crippen molar-refractivity contribution < 1.29 is 0 Å². The van der Waals surface area contributed by atoms with E-state index in [0.29, 0.717) is 12.0 Å². The van der Waals surface area contributed by atoms with Crippen molar-refractivity contribution in [2.24, 2.45) is 0 Å². The van der Waals surface area contributed by atoms with Gasteiger partial charge in [-0.1, -0.05) is 13.8 Å². The molecule has 1 unspecified atom stereocenters. The van der Waals surface area contributed by atoms with Crippen LogP contribution in [0.15, 0.2) is 0 Å². The zero-order chi connectivity index (χ0) is 13.1. The molecule has 0 radical (unpaired) electrons. The lowest BCUT2D eigenvalue weighted by Gasteiger charge is -2.18. The van der Waals surface area contributed by atoms with Crippen molar-refractivity contribution in [1.29, 1.82) is 0 Å².